The molecule has 0 atom stereocenters. The Balaban J connectivity index is 2.00. The Hall–Kier alpha value is -2.56. The number of carbonyl (C=O) groups excluding carboxylic acids is 1. The normalized spacial score (nSPS) is 10.3. The molecule has 4 nitrogen and oxygen atoms in total. The largest absolute Gasteiger partial charge is 0.496 e. The molecule has 0 saturated carbocycles. The van der Waals surface area contributed by atoms with E-state index < -0.39 is 0 Å². The molecule has 0 bridgehead atoms. The second-order valence-corrected chi connectivity index (χ2v) is 5.15. The van der Waals surface area contributed by atoms with Gasteiger partial charge >= 0.3 is 0 Å². The van der Waals surface area contributed by atoms with E-state index in [0.717, 1.165) is 22.6 Å². The van der Waals surface area contributed by atoms with Gasteiger partial charge in [0.1, 0.15) is 17.3 Å². The SMILES string of the molecule is COc1cc(CCNC(=O)c2ccc(F)cc2)c(OC)cc1C. The monoisotopic (exact) mass is 317 g/mol. The molecule has 0 aliphatic heterocycles. The van der Waals surface area contributed by atoms with E-state index >= 15 is 0 Å². The van der Waals surface area contributed by atoms with E-state index in [-0.39, 0.29) is 11.7 Å². The number of nitrogens with one attached hydrogen (secondary N) is 1. The Morgan fingerprint density at radius 2 is 1.74 bits per heavy atom. The molecule has 23 heavy (non-hydrogen) atoms. The number of methoxy groups -OCH3 is 2. The predicted octanol–water partition coefficient (Wildman–Crippen LogP) is 3.12. The average Bonchev–Trinajstić information content (AvgIpc) is 2.56. The summed E-state index contributed by atoms with van der Waals surface area (Å²) in [5, 5.41) is 2.81. The van der Waals surface area contributed by atoms with Crippen LogP contribution in [0.5, 0.6) is 11.5 Å². The van der Waals surface area contributed by atoms with E-state index in [4.69, 9.17) is 9.47 Å². The molecular weight excluding hydrogens is 297 g/mol. The second-order valence-electron chi connectivity index (χ2n) is 5.15. The molecule has 0 heterocycles. The summed E-state index contributed by atoms with van der Waals surface area (Å²) in [7, 11) is 3.23. The molecule has 0 aliphatic rings. The molecule has 122 valence electrons. The van der Waals surface area contributed by atoms with Crippen molar-refractivity contribution in [3.8, 4) is 11.5 Å². The molecular formula is C18H20FNO3. The summed E-state index contributed by atoms with van der Waals surface area (Å²) in [6.45, 7) is 2.39. The highest BCUT2D eigenvalue weighted by atomic mass is 19.1. The Labute approximate surface area is 135 Å². The van der Waals surface area contributed by atoms with Gasteiger partial charge in [0.25, 0.3) is 5.91 Å². The first kappa shape index (κ1) is 16.8. The van der Waals surface area contributed by atoms with Crippen LogP contribution in [0.25, 0.3) is 0 Å². The number of hydrogen-bond donors (Lipinski definition) is 1. The molecule has 2 aromatic rings. The Morgan fingerprint density at radius 1 is 1.09 bits per heavy atom. The smallest absolute Gasteiger partial charge is 0.251 e. The third-order valence-electron chi connectivity index (χ3n) is 3.58. The Bertz CT molecular complexity index is 683. The maximum Gasteiger partial charge on any atom is 0.251 e. The van der Waals surface area contributed by atoms with Crippen LogP contribution in [0.3, 0.4) is 0 Å². The van der Waals surface area contributed by atoms with Crippen molar-refractivity contribution in [2.75, 3.05) is 20.8 Å². The lowest BCUT2D eigenvalue weighted by molar-refractivity contribution is 0.0954. The first-order valence-corrected chi connectivity index (χ1v) is 7.30. The third-order valence-corrected chi connectivity index (χ3v) is 3.58. The van der Waals surface area contributed by atoms with E-state index in [0.29, 0.717) is 18.5 Å². The van der Waals surface area contributed by atoms with Gasteiger partial charge in [0.05, 0.1) is 14.2 Å². The van der Waals surface area contributed by atoms with Crippen LogP contribution in [0, 0.1) is 12.7 Å². The molecule has 0 fully saturated rings. The Kier molecular flexibility index (Phi) is 5.57. The van der Waals surface area contributed by atoms with Crippen LogP contribution in [0.1, 0.15) is 21.5 Å². The number of aryl methyl sites for hydroxylation is 1. The summed E-state index contributed by atoms with van der Waals surface area (Å²) in [4.78, 5) is 12.0. The first-order chi connectivity index (χ1) is 11.0. The van der Waals surface area contributed by atoms with Gasteiger partial charge in [0, 0.05) is 12.1 Å². The molecule has 0 aliphatic carbocycles. The van der Waals surface area contributed by atoms with Crippen LogP contribution in [0.15, 0.2) is 36.4 Å². The number of amides is 1. The maximum atomic E-state index is 12.9. The maximum absolute atomic E-state index is 12.9. The van der Waals surface area contributed by atoms with Crippen molar-refractivity contribution in [3.63, 3.8) is 0 Å². The van der Waals surface area contributed by atoms with Gasteiger partial charge in [-0.15, -0.1) is 0 Å². The molecule has 0 saturated heterocycles. The fourth-order valence-corrected chi connectivity index (χ4v) is 2.32. The van der Waals surface area contributed by atoms with Crippen LogP contribution in [-0.2, 0) is 6.42 Å². The van der Waals surface area contributed by atoms with Crippen LogP contribution >= 0.6 is 0 Å². The van der Waals surface area contributed by atoms with Crippen LogP contribution in [-0.4, -0.2) is 26.7 Å². The van der Waals surface area contributed by atoms with Crippen LogP contribution in [0.4, 0.5) is 4.39 Å². The average molecular weight is 317 g/mol. The lowest BCUT2D eigenvalue weighted by Crippen LogP contribution is -2.25. The lowest BCUT2D eigenvalue weighted by Gasteiger charge is -2.13. The van der Waals surface area contributed by atoms with Crippen molar-refractivity contribution in [3.05, 3.63) is 58.9 Å². The van der Waals surface area contributed by atoms with E-state index in [1.54, 1.807) is 14.2 Å². The summed E-state index contributed by atoms with van der Waals surface area (Å²) >= 11 is 0. The van der Waals surface area contributed by atoms with Gasteiger partial charge in [-0.3, -0.25) is 4.79 Å². The van der Waals surface area contributed by atoms with E-state index in [9.17, 15) is 9.18 Å². The van der Waals surface area contributed by atoms with Gasteiger partial charge in [0.15, 0.2) is 0 Å². The van der Waals surface area contributed by atoms with Crippen molar-refractivity contribution in [1.82, 2.24) is 5.32 Å². The van der Waals surface area contributed by atoms with Crippen molar-refractivity contribution in [2.24, 2.45) is 0 Å². The lowest BCUT2D eigenvalue weighted by atomic mass is 10.1. The minimum Gasteiger partial charge on any atom is -0.496 e. The number of hydrogen-bond acceptors (Lipinski definition) is 3. The molecule has 5 heteroatoms. The first-order valence-electron chi connectivity index (χ1n) is 7.30. The number of halogens is 1. The Morgan fingerprint density at radius 3 is 2.35 bits per heavy atom. The van der Waals surface area contributed by atoms with Crippen molar-refractivity contribution < 1.29 is 18.7 Å². The van der Waals surface area contributed by atoms with Gasteiger partial charge in [-0.1, -0.05) is 0 Å². The van der Waals surface area contributed by atoms with Gasteiger partial charge in [0.2, 0.25) is 0 Å². The highest BCUT2D eigenvalue weighted by Crippen LogP contribution is 2.28. The van der Waals surface area contributed by atoms with E-state index in [2.05, 4.69) is 5.32 Å². The summed E-state index contributed by atoms with van der Waals surface area (Å²) in [6.07, 6.45) is 0.604. The van der Waals surface area contributed by atoms with E-state index in [1.807, 2.05) is 19.1 Å². The number of benzene rings is 2. The van der Waals surface area contributed by atoms with Crippen molar-refractivity contribution in [2.45, 2.75) is 13.3 Å². The highest BCUT2D eigenvalue weighted by Gasteiger charge is 2.10. The van der Waals surface area contributed by atoms with E-state index in [1.165, 1.54) is 24.3 Å². The quantitative estimate of drug-likeness (QED) is 0.890. The van der Waals surface area contributed by atoms with Gasteiger partial charge in [-0.25, -0.2) is 4.39 Å². The zero-order valence-electron chi connectivity index (χ0n) is 13.5. The molecule has 1 amide bonds. The van der Waals surface area contributed by atoms with Crippen molar-refractivity contribution >= 4 is 5.91 Å². The van der Waals surface area contributed by atoms with Crippen LogP contribution < -0.4 is 14.8 Å². The summed E-state index contributed by atoms with van der Waals surface area (Å²) in [6, 6.07) is 9.28. The number of carbonyl (C=O) groups is 1. The fraction of sp³-hybridized carbons (Fsp3) is 0.278. The zero-order chi connectivity index (χ0) is 16.8. The fourth-order valence-electron chi connectivity index (χ4n) is 2.32. The van der Waals surface area contributed by atoms with Gasteiger partial charge in [-0.05, 0) is 60.9 Å². The summed E-state index contributed by atoms with van der Waals surface area (Å²) in [5.41, 5.74) is 2.37. The molecule has 0 spiro atoms. The topological polar surface area (TPSA) is 47.6 Å². The molecule has 2 rings (SSSR count). The van der Waals surface area contributed by atoms with Gasteiger partial charge in [-0.2, -0.15) is 0 Å². The minimum absolute atomic E-state index is 0.233. The summed E-state index contributed by atoms with van der Waals surface area (Å²) in [5.74, 6) is 0.950. The molecule has 0 unspecified atom stereocenters. The van der Waals surface area contributed by atoms with Gasteiger partial charge < -0.3 is 14.8 Å². The second kappa shape index (κ2) is 7.63. The number of rotatable bonds is 6. The van der Waals surface area contributed by atoms with Crippen LogP contribution in [0.2, 0.25) is 0 Å². The minimum atomic E-state index is -0.363. The molecule has 0 aromatic heterocycles. The molecule has 0 radical (unpaired) electrons. The molecule has 2 aromatic carbocycles. The highest BCUT2D eigenvalue weighted by molar-refractivity contribution is 5.94. The third kappa shape index (κ3) is 4.22. The molecule has 1 N–H and O–H groups in total. The predicted molar refractivity (Wildman–Crippen MR) is 86.7 cm³/mol. The summed E-state index contributed by atoms with van der Waals surface area (Å²) < 4.78 is 23.5. The standard InChI is InChI=1S/C18H20FNO3/c1-12-10-17(23-3)14(11-16(12)22-2)8-9-20-18(21)13-4-6-15(19)7-5-13/h4-7,10-11H,8-9H2,1-3H3,(H,20,21). The number of ether oxygens (including phenoxy) is 2. The zero-order valence-corrected chi connectivity index (χ0v) is 13.5. The van der Waals surface area contributed by atoms with Crippen molar-refractivity contribution in [1.29, 1.82) is 0 Å².